The third-order valence-electron chi connectivity index (χ3n) is 10.5. The van der Waals surface area contributed by atoms with Crippen LogP contribution in [0, 0.1) is 11.7 Å². The minimum Gasteiger partial charge on any atom is -0.445 e. The maximum Gasteiger partial charge on any atom is 0.410 e. The van der Waals surface area contributed by atoms with Crippen molar-refractivity contribution in [1.29, 1.82) is 0 Å². The Morgan fingerprint density at radius 3 is 2.25 bits per heavy atom. The number of halogens is 1. The second-order valence-corrected chi connectivity index (χ2v) is 17.3. The lowest BCUT2D eigenvalue weighted by atomic mass is 9.63. The number of hydrogen-bond donors (Lipinski definition) is 6. The molecule has 1 saturated heterocycles. The van der Waals surface area contributed by atoms with Crippen LogP contribution in [0.15, 0.2) is 96.7 Å². The van der Waals surface area contributed by atoms with Gasteiger partial charge in [-0.05, 0) is 90.9 Å². The molecule has 5 aromatic rings. The molecule has 0 spiro atoms. The largest absolute Gasteiger partial charge is 0.445 e. The molecule has 334 valence electrons. The van der Waals surface area contributed by atoms with Crippen LogP contribution in [0.4, 0.5) is 42.5 Å². The molecular formula is C45H52BFN10O6S. The molecule has 1 atom stereocenters. The highest BCUT2D eigenvalue weighted by atomic mass is 32.2. The zero-order chi connectivity index (χ0) is 46.1. The summed E-state index contributed by atoms with van der Waals surface area (Å²) >= 11 is 1.32. The number of ether oxygens (including phenoxy) is 1. The van der Waals surface area contributed by atoms with Crippen LogP contribution in [0.5, 0.6) is 0 Å². The number of amides is 5. The Balaban J connectivity index is 1.04. The molecule has 64 heavy (non-hydrogen) atoms. The minimum absolute atomic E-state index is 0.0253. The fourth-order valence-corrected chi connectivity index (χ4v) is 7.74. The van der Waals surface area contributed by atoms with Crippen LogP contribution >= 0.6 is 11.8 Å². The van der Waals surface area contributed by atoms with Gasteiger partial charge in [0.05, 0.1) is 12.2 Å². The summed E-state index contributed by atoms with van der Waals surface area (Å²) in [5.74, 6) is -2.04. The van der Waals surface area contributed by atoms with Gasteiger partial charge >= 0.3 is 12.9 Å². The summed E-state index contributed by atoms with van der Waals surface area (Å²) in [4.78, 5) is 69.0. The van der Waals surface area contributed by atoms with Crippen molar-refractivity contribution in [2.45, 2.75) is 76.2 Å². The molecule has 0 aliphatic carbocycles. The quantitative estimate of drug-likeness (QED) is 0.0319. The van der Waals surface area contributed by atoms with Gasteiger partial charge in [0.1, 0.15) is 11.6 Å². The molecule has 1 fully saturated rings. The van der Waals surface area contributed by atoms with E-state index in [-0.39, 0.29) is 46.4 Å². The van der Waals surface area contributed by atoms with E-state index in [0.29, 0.717) is 59.9 Å². The van der Waals surface area contributed by atoms with E-state index in [2.05, 4.69) is 38.2 Å². The average molecular weight is 891 g/mol. The number of hydrogen-bond acceptors (Lipinski definition) is 11. The Morgan fingerprint density at radius 1 is 0.938 bits per heavy atom. The number of benzene rings is 3. The number of aromatic nitrogens is 3. The van der Waals surface area contributed by atoms with E-state index in [4.69, 9.17) is 15.5 Å². The molecule has 7 N–H and O–H groups in total. The second-order valence-electron chi connectivity index (χ2n) is 16.0. The predicted molar refractivity (Wildman–Crippen MR) is 249 cm³/mol. The maximum atomic E-state index is 16.6. The number of anilines is 5. The van der Waals surface area contributed by atoms with Crippen molar-refractivity contribution in [3.05, 3.63) is 114 Å². The van der Waals surface area contributed by atoms with Gasteiger partial charge in [-0.1, -0.05) is 71.1 Å². The van der Waals surface area contributed by atoms with Crippen LogP contribution in [-0.2, 0) is 20.9 Å². The highest BCUT2D eigenvalue weighted by molar-refractivity contribution is 7.99. The van der Waals surface area contributed by atoms with Crippen molar-refractivity contribution < 1.29 is 33.1 Å². The first kappa shape index (κ1) is 46.8. The first-order valence-electron chi connectivity index (χ1n) is 20.9. The Bertz CT molecular complexity index is 2510. The summed E-state index contributed by atoms with van der Waals surface area (Å²) in [5, 5.41) is 18.7. The molecule has 0 bridgehead atoms. The lowest BCUT2D eigenvalue weighted by Crippen LogP contribution is -2.52. The molecule has 5 amide bonds. The first-order chi connectivity index (χ1) is 30.6. The molecule has 0 unspecified atom stereocenters. The number of nitrogens with one attached hydrogen (secondary N) is 5. The molecular weight excluding hydrogens is 838 g/mol. The first-order valence-corrected chi connectivity index (χ1v) is 21.8. The molecule has 0 saturated carbocycles. The van der Waals surface area contributed by atoms with Crippen LogP contribution in [-0.4, -0.2) is 80.3 Å². The SMILES string of the molecule is C=CC(=O)Nc1ccc(C(=O)Nc2cccc(Nc3c(F)c(SC4CCN(C(=O)OCc5ccc(NC(=O)B(C)NC(=O)[C@@H](N)C(C)C)cc5)CC4)nc4c(C(C)C)cnn34)c2)cc1. The number of carbonyl (C=O) groups is 5. The summed E-state index contributed by atoms with van der Waals surface area (Å²) in [5.41, 5.74) is 10.3. The van der Waals surface area contributed by atoms with Crippen molar-refractivity contribution in [2.75, 3.05) is 34.4 Å². The number of piperidine rings is 1. The van der Waals surface area contributed by atoms with Crippen molar-refractivity contribution in [1.82, 2.24) is 24.7 Å². The standard InChI is InChI=1S/C45H52BFN10O6S/c1-7-36(58)50-30-17-13-29(14-18-30)41(59)52-33-10-8-9-32(23-33)51-40-37(47)43(54-39-35(26(2)3)24-49-57(39)40)64-34-19-21-56(22-20-34)45(62)63-25-28-11-15-31(16-12-28)53-44(61)46(6)55-42(60)38(48)27(4)5/h7-18,23-24,26-27,34,38,51H,1,19-22,25,48H2,2-6H3,(H,50,58)(H,52,59)(H,53,61)(H,55,60)/t38-/m0/s1. The van der Waals surface area contributed by atoms with Gasteiger partial charge in [-0.25, -0.2) is 9.78 Å². The third kappa shape index (κ3) is 11.8. The zero-order valence-corrected chi connectivity index (χ0v) is 37.1. The molecule has 2 aromatic heterocycles. The Kier molecular flexibility index (Phi) is 15.4. The predicted octanol–water partition coefficient (Wildman–Crippen LogP) is 7.84. The van der Waals surface area contributed by atoms with Crippen LogP contribution in [0.3, 0.4) is 0 Å². The van der Waals surface area contributed by atoms with Gasteiger partial charge in [0.2, 0.25) is 17.6 Å². The van der Waals surface area contributed by atoms with E-state index >= 15 is 4.39 Å². The molecule has 19 heteroatoms. The lowest BCUT2D eigenvalue weighted by Gasteiger charge is -2.31. The fourth-order valence-electron chi connectivity index (χ4n) is 6.64. The van der Waals surface area contributed by atoms with Gasteiger partial charge in [-0.3, -0.25) is 19.2 Å². The third-order valence-corrected chi connectivity index (χ3v) is 11.8. The molecule has 1 aliphatic heterocycles. The molecule has 3 heterocycles. The van der Waals surface area contributed by atoms with E-state index < -0.39 is 36.5 Å². The topological polar surface area (TPSA) is 214 Å². The summed E-state index contributed by atoms with van der Waals surface area (Å²) in [6.45, 7) is 12.7. The van der Waals surface area contributed by atoms with Crippen LogP contribution in [0.2, 0.25) is 6.82 Å². The monoisotopic (exact) mass is 890 g/mol. The highest BCUT2D eigenvalue weighted by Gasteiger charge is 2.29. The summed E-state index contributed by atoms with van der Waals surface area (Å²) in [6.07, 6.45) is 3.53. The molecule has 1 aliphatic rings. The summed E-state index contributed by atoms with van der Waals surface area (Å²) in [7, 11) is 0. The van der Waals surface area contributed by atoms with E-state index in [0.717, 1.165) is 17.2 Å². The number of carbonyl (C=O) groups excluding carboxylic acids is 5. The normalized spacial score (nSPS) is 13.3. The van der Waals surface area contributed by atoms with Gasteiger partial charge in [-0.15, -0.1) is 0 Å². The molecule has 0 radical (unpaired) electrons. The number of thioether (sulfide) groups is 1. The maximum absolute atomic E-state index is 16.6. The van der Waals surface area contributed by atoms with Gasteiger partial charge in [0, 0.05) is 52.2 Å². The highest BCUT2D eigenvalue weighted by Crippen LogP contribution is 2.36. The number of likely N-dealkylation sites (tertiary alicyclic amines) is 1. The Hall–Kier alpha value is -6.73. The summed E-state index contributed by atoms with van der Waals surface area (Å²) < 4.78 is 23.6. The van der Waals surface area contributed by atoms with Gasteiger partial charge < -0.3 is 41.9 Å². The molecule has 3 aromatic carbocycles. The smallest absolute Gasteiger partial charge is 0.410 e. The average Bonchev–Trinajstić information content (AvgIpc) is 3.71. The van der Waals surface area contributed by atoms with E-state index in [1.54, 1.807) is 90.7 Å². The summed E-state index contributed by atoms with van der Waals surface area (Å²) in [6, 6.07) is 19.4. The van der Waals surface area contributed by atoms with Crippen molar-refractivity contribution in [3.8, 4) is 0 Å². The molecule has 6 rings (SSSR count). The van der Waals surface area contributed by atoms with Gasteiger partial charge in [0.15, 0.2) is 17.3 Å². The lowest BCUT2D eigenvalue weighted by molar-refractivity contribution is -0.121. The minimum atomic E-state index is -0.792. The number of nitrogens with zero attached hydrogens (tertiary/aromatic N) is 4. The van der Waals surface area contributed by atoms with Gasteiger partial charge in [-0.2, -0.15) is 14.0 Å². The second kappa shape index (κ2) is 21.1. The van der Waals surface area contributed by atoms with Crippen molar-refractivity contribution in [3.63, 3.8) is 0 Å². The Morgan fingerprint density at radius 2 is 1.59 bits per heavy atom. The van der Waals surface area contributed by atoms with Gasteiger partial charge in [0.25, 0.3) is 5.91 Å². The van der Waals surface area contributed by atoms with Crippen LogP contribution in [0.25, 0.3) is 5.65 Å². The zero-order valence-electron chi connectivity index (χ0n) is 36.3. The number of nitrogens with two attached hydrogens (primary N) is 1. The number of rotatable bonds is 16. The van der Waals surface area contributed by atoms with Crippen LogP contribution < -0.4 is 32.2 Å². The van der Waals surface area contributed by atoms with E-state index in [9.17, 15) is 24.0 Å². The molecule has 16 nitrogen and oxygen atoms in total. The van der Waals surface area contributed by atoms with E-state index in [1.807, 2.05) is 27.7 Å². The Labute approximate surface area is 375 Å². The van der Waals surface area contributed by atoms with Crippen molar-refractivity contribution in [2.24, 2.45) is 11.7 Å². The van der Waals surface area contributed by atoms with Crippen molar-refractivity contribution >= 4 is 82.4 Å². The fraction of sp³-hybridized carbons (Fsp3) is 0.311. The number of fused-ring (bicyclic) bond motifs is 1. The van der Waals surface area contributed by atoms with E-state index in [1.165, 1.54) is 16.3 Å². The van der Waals surface area contributed by atoms with Crippen LogP contribution in [0.1, 0.15) is 67.9 Å².